The van der Waals surface area contributed by atoms with Crippen molar-refractivity contribution in [1.82, 2.24) is 49.5 Å². The van der Waals surface area contributed by atoms with Gasteiger partial charge in [0.25, 0.3) is 5.97 Å². The van der Waals surface area contributed by atoms with Gasteiger partial charge in [0.05, 0.1) is 42.7 Å². The number of nitro groups is 3. The van der Waals surface area contributed by atoms with Gasteiger partial charge in [-0.05, 0) is 56.0 Å². The quantitative estimate of drug-likeness (QED) is 0.0146. The van der Waals surface area contributed by atoms with Crippen LogP contribution in [0.2, 0.25) is 0 Å². The molecular formula is C79H103N13O38. The fraction of sp³-hybridized carbons (Fsp3) is 0.494. The van der Waals surface area contributed by atoms with E-state index in [0.717, 1.165) is 106 Å². The smallest absolute Gasteiger partial charge is 0.419 e. The third-order valence-electron chi connectivity index (χ3n) is 17.8. The third-order valence-corrected chi connectivity index (χ3v) is 17.8. The van der Waals surface area contributed by atoms with Crippen molar-refractivity contribution in [1.29, 1.82) is 0 Å². The first-order valence-electron chi connectivity index (χ1n) is 38.8. The number of imidazole rings is 3. The number of aromatic nitrogens is 6. The van der Waals surface area contributed by atoms with Crippen molar-refractivity contribution in [2.75, 3.05) is 75.7 Å². The van der Waals surface area contributed by atoms with E-state index in [1.807, 2.05) is 14.1 Å². The molecule has 9 rings (SSSR count). The summed E-state index contributed by atoms with van der Waals surface area (Å²) < 4.78 is 94.3. The number of rotatable bonds is 29. The molecule has 6 heterocycles. The van der Waals surface area contributed by atoms with Crippen LogP contribution >= 0.6 is 0 Å². The monoisotopic (exact) mass is 1840 g/mol. The molecule has 0 unspecified atom stereocenters. The zero-order chi connectivity index (χ0) is 97.3. The number of hydrogen-bond acceptors (Lipinski definition) is 43. The number of nitrogens with zero attached hydrogens (tertiary/aromatic N) is 10. The first-order chi connectivity index (χ1) is 61.5. The van der Waals surface area contributed by atoms with E-state index in [-0.39, 0.29) is 47.6 Å². The summed E-state index contributed by atoms with van der Waals surface area (Å²) in [5.74, 6) is -11.1. The van der Waals surface area contributed by atoms with Gasteiger partial charge in [0.1, 0.15) is 32.2 Å². The number of aliphatic carboxylic acids is 1. The number of nitro benzene ring substituents is 3. The summed E-state index contributed by atoms with van der Waals surface area (Å²) in [5.41, 5.74) is -0.729. The molecule has 0 radical (unpaired) electrons. The first-order valence-corrected chi connectivity index (χ1v) is 38.8. The summed E-state index contributed by atoms with van der Waals surface area (Å²) in [7, 11) is 10.6. The van der Waals surface area contributed by atoms with Crippen LogP contribution < -0.4 is 30.2 Å². The number of carbonyl (C=O) groups is 13. The molecule has 51 heteroatoms. The highest BCUT2D eigenvalue weighted by Gasteiger charge is 2.56. The van der Waals surface area contributed by atoms with Crippen LogP contribution in [0, 0.1) is 48.1 Å². The number of likely N-dealkylation sites (N-methyl/N-ethyl adjacent to an activating group) is 4. The van der Waals surface area contributed by atoms with Gasteiger partial charge in [-0.1, -0.05) is 39.0 Å². The predicted octanol–water partition coefficient (Wildman–Crippen LogP) is 3.89. The van der Waals surface area contributed by atoms with E-state index >= 15 is 0 Å². The third kappa shape index (κ3) is 33.8. The molecule has 0 spiro atoms. The van der Waals surface area contributed by atoms with Crippen LogP contribution in [-0.2, 0) is 134 Å². The molecule has 130 heavy (non-hydrogen) atoms. The second-order valence-corrected chi connectivity index (χ2v) is 27.6. The summed E-state index contributed by atoms with van der Waals surface area (Å²) >= 11 is 0. The number of benzene rings is 3. The minimum absolute atomic E-state index is 0.190. The Morgan fingerprint density at radius 3 is 1.00 bits per heavy atom. The topological polar surface area (TPSA) is 641 Å². The molecule has 0 bridgehead atoms. The van der Waals surface area contributed by atoms with Gasteiger partial charge in [0, 0.05) is 155 Å². The number of amides is 1. The van der Waals surface area contributed by atoms with E-state index in [1.165, 1.54) is 103 Å². The van der Waals surface area contributed by atoms with E-state index in [0.29, 0.717) is 18.7 Å². The Hall–Kier alpha value is -14.3. The standard InChI is InChI=1S/C24H33N3O12.C23H25N3O12.C19H23NO11.C7H6N4O.C4H12N2.C2H4O2/c1-13-19(36-14(2)28)21(37-15(3)29)23(39-20(13)22(30)34-6)38-18-8-7-16(11-17(18)27(32)33)12-35-24(31)26(5)10-9-25-4;1-12-18(35-13(2)27)20(36-14(3)28)22(38-19(12)21(29)33-4)37-17-6-5-15(9-16(17)26(31)32)10-34-23(30)25-8-7-24-11-25;1-9-15(28-10(2)22)17(29-11(3)23)19(31-16(9)18(24)27-4)30-14-6-5-12(8-21)7-13(14)20(25)26;12-7(10-3-1-8-5-10)11-4-2-9-6-11;1-5-3-4-6-2;1-2(3)4/h7-8,11,13,19-21,23,25H,9-10,12H2,1-6H3;5-9,11-12,18-20,22H,10H2,1-4H3;5-7,9,15-17,19,21H,8H2,1-4H3;1-6H;5-6H,3-4H2,1-2H3;1H3,(H,3,4)/t13-,19-,20-,21+,23+;12-,18-,19-,20+,22+;9-,15-,16-,17+,19+;;;/m000.../s1. The molecule has 3 fully saturated rings. The normalized spacial score (nSPS) is 20.8. The molecule has 3 aromatic heterocycles. The zero-order valence-corrected chi connectivity index (χ0v) is 73.6. The highest BCUT2D eigenvalue weighted by atomic mass is 16.8. The molecule has 51 nitrogen and oxygen atoms in total. The Kier molecular flexibility index (Phi) is 44.9. The zero-order valence-electron chi connectivity index (χ0n) is 73.6. The maximum absolute atomic E-state index is 12.4. The molecule has 3 aromatic carbocycles. The lowest BCUT2D eigenvalue weighted by Crippen LogP contribution is -2.60. The second-order valence-electron chi connectivity index (χ2n) is 27.6. The Balaban J connectivity index is 0.000000365. The van der Waals surface area contributed by atoms with Crippen molar-refractivity contribution >= 4 is 95.0 Å². The molecule has 3 aliphatic heterocycles. The first kappa shape index (κ1) is 108. The van der Waals surface area contributed by atoms with Crippen molar-refractivity contribution in [2.24, 2.45) is 17.8 Å². The van der Waals surface area contributed by atoms with Crippen LogP contribution in [0.1, 0.15) is 85.9 Å². The number of carbonyl (C=O) groups excluding carboxylic acids is 12. The van der Waals surface area contributed by atoms with Crippen LogP contribution in [0.4, 0.5) is 31.4 Å². The molecule has 0 saturated carbocycles. The van der Waals surface area contributed by atoms with Gasteiger partial charge >= 0.3 is 89.0 Å². The number of esters is 9. The van der Waals surface area contributed by atoms with E-state index in [9.17, 15) is 93.0 Å². The minimum atomic E-state index is -1.60. The number of carboxylic acid groups (broad SMARTS) is 1. The molecular weight excluding hydrogens is 1740 g/mol. The lowest BCUT2D eigenvalue weighted by Gasteiger charge is -2.42. The highest BCUT2D eigenvalue weighted by molar-refractivity contribution is 5.79. The van der Waals surface area contributed by atoms with Crippen molar-refractivity contribution in [3.05, 3.63) is 158 Å². The average molecular weight is 1840 g/mol. The van der Waals surface area contributed by atoms with Gasteiger partial charge in [0.15, 0.2) is 53.9 Å². The van der Waals surface area contributed by atoms with Crippen LogP contribution in [0.3, 0.4) is 0 Å². The Labute approximate surface area is 741 Å². The van der Waals surface area contributed by atoms with Gasteiger partial charge in [-0.2, -0.15) is 0 Å². The highest BCUT2D eigenvalue weighted by Crippen LogP contribution is 2.40. The van der Waals surface area contributed by atoms with Crippen molar-refractivity contribution < 1.29 is 168 Å². The Bertz CT molecular complexity index is 4740. The lowest BCUT2D eigenvalue weighted by atomic mass is 9.90. The summed E-state index contributed by atoms with van der Waals surface area (Å²) in [6, 6.07) is 11.1. The summed E-state index contributed by atoms with van der Waals surface area (Å²) in [4.78, 5) is 198. The maximum atomic E-state index is 12.4. The van der Waals surface area contributed by atoms with E-state index in [1.54, 1.807) is 38.9 Å². The molecule has 15 atom stereocenters. The Morgan fingerprint density at radius 1 is 0.446 bits per heavy atom. The average Bonchev–Trinajstić information content (AvgIpc) is 0.974. The van der Waals surface area contributed by atoms with Crippen molar-refractivity contribution in [2.45, 2.75) is 163 Å². The van der Waals surface area contributed by atoms with Gasteiger partial charge in [-0.15, -0.1) is 0 Å². The van der Waals surface area contributed by atoms with E-state index < -0.39 is 202 Å². The molecule has 712 valence electrons. The number of methoxy groups -OCH3 is 3. The Morgan fingerprint density at radius 2 is 0.731 bits per heavy atom. The molecule has 3 saturated heterocycles. The van der Waals surface area contributed by atoms with Gasteiger partial charge in [-0.25, -0.2) is 48.3 Å². The van der Waals surface area contributed by atoms with Gasteiger partial charge in [-0.3, -0.25) is 73.0 Å². The second kappa shape index (κ2) is 54.0. The summed E-state index contributed by atoms with van der Waals surface area (Å²) in [6.07, 6.45) is -4.55. The van der Waals surface area contributed by atoms with Crippen molar-refractivity contribution in [3.8, 4) is 17.2 Å². The van der Waals surface area contributed by atoms with Gasteiger partial charge in [0.2, 0.25) is 37.2 Å². The van der Waals surface area contributed by atoms with Crippen LogP contribution in [0.5, 0.6) is 17.2 Å². The molecule has 5 N–H and O–H groups in total. The van der Waals surface area contributed by atoms with Gasteiger partial charge < -0.3 is 112 Å². The minimum Gasteiger partial charge on any atom is -0.481 e. The summed E-state index contributed by atoms with van der Waals surface area (Å²) in [5, 5.41) is 60.7. The number of ether oxygens (including phenoxy) is 17. The predicted molar refractivity (Wildman–Crippen MR) is 436 cm³/mol. The SMILES string of the molecule is CC(=O)O.CNCCN(C)C(=O)OCc1ccc(O[C@@H]2O[C@H](C(=O)OC)[C@@H](C)[C@H](OC(C)=O)[C@H]2OC(C)=O)c([N+](=O)[O-])c1.CNCCNC.COC(=O)[C@H]1O[C@@H](Oc2ccc(CO)cc2[N+](=O)[O-])[C@H](OC(C)=O)[C@@H](OC(C)=O)[C@@H]1C.COC(=O)[C@H]1O[C@@H](Oc2ccc(COC(=O)n3ccnc3)cc2[N+](=O)[O-])[C@H](OC(C)=O)[C@@H](OC(C)=O)[C@@H]1C.O=C(n1ccnc1)n1ccnc1. The molecule has 6 aromatic rings. The van der Waals surface area contributed by atoms with Crippen molar-refractivity contribution in [3.63, 3.8) is 0 Å². The molecule has 0 aliphatic carbocycles. The van der Waals surface area contributed by atoms with Crippen LogP contribution in [0.15, 0.2) is 111 Å². The maximum Gasteiger partial charge on any atom is 0.419 e. The van der Waals surface area contributed by atoms with E-state index in [2.05, 4.69) is 30.9 Å². The van der Waals surface area contributed by atoms with Crippen LogP contribution in [-0.4, -0.2) is 286 Å². The summed E-state index contributed by atoms with van der Waals surface area (Å²) in [6.45, 7) is 14.4. The number of aliphatic hydroxyl groups excluding tert-OH is 1. The molecule has 1 amide bonds. The fourth-order valence-electron chi connectivity index (χ4n) is 11.8. The number of aliphatic hydroxyl groups is 1. The van der Waals surface area contributed by atoms with E-state index in [4.69, 9.17) is 90.4 Å². The number of hydrogen-bond donors (Lipinski definition) is 5. The largest absolute Gasteiger partial charge is 0.481 e. The fourth-order valence-corrected chi connectivity index (χ4v) is 11.8. The molecule has 3 aliphatic rings. The lowest BCUT2D eigenvalue weighted by molar-refractivity contribution is -0.387. The number of carboxylic acids is 1. The number of nitrogens with one attached hydrogen (secondary N) is 3. The van der Waals surface area contributed by atoms with Crippen LogP contribution in [0.25, 0.3) is 0 Å².